The maximum atomic E-state index is 11.8. The number of likely N-dealkylation sites (N-methyl/N-ethyl adjacent to an activating group) is 1. The molecule has 1 aliphatic rings. The van der Waals surface area contributed by atoms with Gasteiger partial charge in [-0.25, -0.2) is 0 Å². The van der Waals surface area contributed by atoms with Gasteiger partial charge in [-0.1, -0.05) is 13.8 Å². The fourth-order valence-electron chi connectivity index (χ4n) is 2.26. The quantitative estimate of drug-likeness (QED) is 0.480. The molecule has 1 heterocycles. The first-order chi connectivity index (χ1) is 9.91. The molecule has 0 aliphatic carbocycles. The Bertz CT molecular complexity index is 347. The minimum atomic E-state index is -0.639. The number of carbonyl (C=O) groups excluding carboxylic acids is 2. The summed E-state index contributed by atoms with van der Waals surface area (Å²) in [6, 6.07) is -0.386. The fraction of sp³-hybridized carbons (Fsp3) is 0.867. The van der Waals surface area contributed by atoms with Crippen LogP contribution in [0.4, 0.5) is 0 Å². The van der Waals surface area contributed by atoms with Gasteiger partial charge in [0.05, 0.1) is 18.8 Å². The molecule has 122 valence electrons. The molecule has 2 atom stereocenters. The SMILES string of the molecule is CC(C)CCCOCC(O)CNC1CCC(=O)N(C)C1=O. The molecule has 6 heteroatoms. The summed E-state index contributed by atoms with van der Waals surface area (Å²) in [6.45, 7) is 5.54. The zero-order valence-electron chi connectivity index (χ0n) is 13.3. The van der Waals surface area contributed by atoms with Crippen molar-refractivity contribution in [3.63, 3.8) is 0 Å². The molecule has 1 saturated heterocycles. The van der Waals surface area contributed by atoms with Crippen molar-refractivity contribution in [1.82, 2.24) is 10.2 Å². The Morgan fingerprint density at radius 3 is 2.81 bits per heavy atom. The van der Waals surface area contributed by atoms with Crippen molar-refractivity contribution in [1.29, 1.82) is 0 Å². The van der Waals surface area contributed by atoms with Crippen LogP contribution in [0.2, 0.25) is 0 Å². The summed E-state index contributed by atoms with van der Waals surface area (Å²) >= 11 is 0. The van der Waals surface area contributed by atoms with Gasteiger partial charge in [-0.05, 0) is 25.2 Å². The summed E-state index contributed by atoms with van der Waals surface area (Å²) in [4.78, 5) is 24.3. The Labute approximate surface area is 126 Å². The summed E-state index contributed by atoms with van der Waals surface area (Å²) in [6.07, 6.45) is 2.32. The van der Waals surface area contributed by atoms with Crippen LogP contribution in [0.1, 0.15) is 39.5 Å². The molecule has 2 unspecified atom stereocenters. The summed E-state index contributed by atoms with van der Waals surface area (Å²) < 4.78 is 5.41. The molecule has 0 bridgehead atoms. The number of ether oxygens (including phenoxy) is 1. The van der Waals surface area contributed by atoms with E-state index in [-0.39, 0.29) is 24.5 Å². The maximum absolute atomic E-state index is 11.8. The molecular weight excluding hydrogens is 272 g/mol. The van der Waals surface area contributed by atoms with Gasteiger partial charge in [-0.15, -0.1) is 0 Å². The summed E-state index contributed by atoms with van der Waals surface area (Å²) in [5.41, 5.74) is 0. The van der Waals surface area contributed by atoms with Gasteiger partial charge in [0.2, 0.25) is 11.8 Å². The molecular formula is C15H28N2O4. The third-order valence-electron chi connectivity index (χ3n) is 3.63. The number of hydrogen-bond donors (Lipinski definition) is 2. The van der Waals surface area contributed by atoms with Crippen molar-refractivity contribution in [2.45, 2.75) is 51.7 Å². The van der Waals surface area contributed by atoms with E-state index in [9.17, 15) is 14.7 Å². The van der Waals surface area contributed by atoms with Crippen molar-refractivity contribution in [2.24, 2.45) is 5.92 Å². The zero-order valence-corrected chi connectivity index (χ0v) is 13.3. The summed E-state index contributed by atoms with van der Waals surface area (Å²) in [5, 5.41) is 12.8. The molecule has 0 aromatic carbocycles. The first kappa shape index (κ1) is 18.1. The Kier molecular flexibility index (Phi) is 7.85. The van der Waals surface area contributed by atoms with Gasteiger partial charge in [0, 0.05) is 26.6 Å². The number of imide groups is 1. The van der Waals surface area contributed by atoms with Gasteiger partial charge in [-0.2, -0.15) is 0 Å². The number of aliphatic hydroxyl groups excluding tert-OH is 1. The number of piperidine rings is 1. The van der Waals surface area contributed by atoms with E-state index < -0.39 is 6.10 Å². The first-order valence-corrected chi connectivity index (χ1v) is 7.71. The van der Waals surface area contributed by atoms with Crippen LogP contribution >= 0.6 is 0 Å². The van der Waals surface area contributed by atoms with Crippen LogP contribution in [0.5, 0.6) is 0 Å². The Hall–Kier alpha value is -0.980. The van der Waals surface area contributed by atoms with Crippen LogP contribution in [0.3, 0.4) is 0 Å². The highest BCUT2D eigenvalue weighted by molar-refractivity contribution is 6.00. The van der Waals surface area contributed by atoms with E-state index in [1.807, 2.05) is 0 Å². The number of carbonyl (C=O) groups is 2. The van der Waals surface area contributed by atoms with Gasteiger partial charge < -0.3 is 15.2 Å². The van der Waals surface area contributed by atoms with Crippen LogP contribution in [-0.2, 0) is 14.3 Å². The summed E-state index contributed by atoms with van der Waals surface area (Å²) in [5.74, 6) is 0.292. The van der Waals surface area contributed by atoms with Crippen LogP contribution in [0, 0.1) is 5.92 Å². The second-order valence-corrected chi connectivity index (χ2v) is 6.06. The Morgan fingerprint density at radius 2 is 2.14 bits per heavy atom. The maximum Gasteiger partial charge on any atom is 0.246 e. The van der Waals surface area contributed by atoms with E-state index in [1.165, 1.54) is 7.05 Å². The molecule has 2 amide bonds. The molecule has 1 fully saturated rings. The van der Waals surface area contributed by atoms with Crippen molar-refractivity contribution in [2.75, 3.05) is 26.8 Å². The first-order valence-electron chi connectivity index (χ1n) is 7.71. The molecule has 0 spiro atoms. The smallest absolute Gasteiger partial charge is 0.246 e. The van der Waals surface area contributed by atoms with Crippen LogP contribution in [0.25, 0.3) is 0 Å². The van der Waals surface area contributed by atoms with Crippen LogP contribution in [0.15, 0.2) is 0 Å². The number of likely N-dealkylation sites (tertiary alicyclic amines) is 1. The minimum Gasteiger partial charge on any atom is -0.389 e. The fourth-order valence-corrected chi connectivity index (χ4v) is 2.26. The highest BCUT2D eigenvalue weighted by atomic mass is 16.5. The molecule has 1 aliphatic heterocycles. The lowest BCUT2D eigenvalue weighted by Gasteiger charge is -2.28. The lowest BCUT2D eigenvalue weighted by atomic mass is 10.0. The Balaban J connectivity index is 2.14. The van der Waals surface area contributed by atoms with Gasteiger partial charge in [-0.3, -0.25) is 14.5 Å². The highest BCUT2D eigenvalue weighted by Crippen LogP contribution is 2.11. The largest absolute Gasteiger partial charge is 0.389 e. The van der Waals surface area contributed by atoms with E-state index >= 15 is 0 Å². The molecule has 0 saturated carbocycles. The van der Waals surface area contributed by atoms with Crippen molar-refractivity contribution in [3.8, 4) is 0 Å². The number of rotatable bonds is 9. The molecule has 0 aromatic heterocycles. The predicted octanol–water partition coefficient (Wildman–Crippen LogP) is 0.537. The molecule has 1 rings (SSSR count). The average Bonchev–Trinajstić information content (AvgIpc) is 2.43. The van der Waals surface area contributed by atoms with E-state index in [0.717, 1.165) is 17.7 Å². The highest BCUT2D eigenvalue weighted by Gasteiger charge is 2.31. The third kappa shape index (κ3) is 6.54. The van der Waals surface area contributed by atoms with E-state index in [0.29, 0.717) is 31.9 Å². The predicted molar refractivity (Wildman–Crippen MR) is 79.7 cm³/mol. The lowest BCUT2D eigenvalue weighted by Crippen LogP contribution is -2.53. The molecule has 0 aromatic rings. The molecule has 21 heavy (non-hydrogen) atoms. The van der Waals surface area contributed by atoms with Gasteiger partial charge >= 0.3 is 0 Å². The van der Waals surface area contributed by atoms with Crippen molar-refractivity contribution in [3.05, 3.63) is 0 Å². The van der Waals surface area contributed by atoms with E-state index in [1.54, 1.807) is 0 Å². The van der Waals surface area contributed by atoms with Gasteiger partial charge in [0.25, 0.3) is 0 Å². The third-order valence-corrected chi connectivity index (χ3v) is 3.63. The van der Waals surface area contributed by atoms with Crippen molar-refractivity contribution >= 4 is 11.8 Å². The second-order valence-electron chi connectivity index (χ2n) is 6.06. The Morgan fingerprint density at radius 1 is 1.43 bits per heavy atom. The minimum absolute atomic E-state index is 0.146. The van der Waals surface area contributed by atoms with Crippen LogP contribution in [-0.4, -0.2) is 60.8 Å². The standard InChI is InChI=1S/C15H28N2O4/c1-11(2)5-4-8-21-10-12(18)9-16-13-6-7-14(19)17(3)15(13)20/h11-13,16,18H,4-10H2,1-3H3. The number of aliphatic hydroxyl groups is 1. The van der Waals surface area contributed by atoms with Gasteiger partial charge in [0.1, 0.15) is 0 Å². The monoisotopic (exact) mass is 300 g/mol. The summed E-state index contributed by atoms with van der Waals surface area (Å²) in [7, 11) is 1.49. The lowest BCUT2D eigenvalue weighted by molar-refractivity contribution is -0.148. The number of nitrogens with one attached hydrogen (secondary N) is 1. The molecule has 2 N–H and O–H groups in total. The van der Waals surface area contributed by atoms with Crippen molar-refractivity contribution < 1.29 is 19.4 Å². The average molecular weight is 300 g/mol. The topological polar surface area (TPSA) is 78.9 Å². The number of nitrogens with zero attached hydrogens (tertiary/aromatic N) is 1. The zero-order chi connectivity index (χ0) is 15.8. The number of hydrogen-bond acceptors (Lipinski definition) is 5. The van der Waals surface area contributed by atoms with Gasteiger partial charge in [0.15, 0.2) is 0 Å². The molecule has 0 radical (unpaired) electrons. The van der Waals surface area contributed by atoms with E-state index in [4.69, 9.17) is 4.74 Å². The normalized spacial score (nSPS) is 21.2. The number of amides is 2. The van der Waals surface area contributed by atoms with E-state index in [2.05, 4.69) is 19.2 Å². The second kappa shape index (κ2) is 9.12. The van der Waals surface area contributed by atoms with Crippen LogP contribution < -0.4 is 5.32 Å². The molecule has 6 nitrogen and oxygen atoms in total.